The molecule has 0 aliphatic rings. The van der Waals surface area contributed by atoms with Crippen molar-refractivity contribution in [3.05, 3.63) is 79.7 Å². The Balaban J connectivity index is 1.38. The van der Waals surface area contributed by atoms with Crippen molar-refractivity contribution < 1.29 is 18.7 Å². The topological polar surface area (TPSA) is 122 Å². The molecule has 0 saturated carbocycles. The molecule has 12 heteroatoms. The van der Waals surface area contributed by atoms with Crippen LogP contribution in [-0.4, -0.2) is 38.2 Å². The van der Waals surface area contributed by atoms with Crippen molar-refractivity contribution in [1.82, 2.24) is 19.7 Å². The van der Waals surface area contributed by atoms with Crippen LogP contribution in [0.5, 0.6) is 0 Å². The van der Waals surface area contributed by atoms with Crippen LogP contribution in [0.4, 0.5) is 10.1 Å². The number of imidazole rings is 1. The Kier molecular flexibility index (Phi) is 6.66. The number of carbonyl (C=O) groups is 2. The van der Waals surface area contributed by atoms with Crippen molar-refractivity contribution >= 4 is 62.2 Å². The molecule has 0 atom stereocenters. The number of rotatable bonds is 6. The summed E-state index contributed by atoms with van der Waals surface area (Å²) in [6.45, 7) is 1.18. The van der Waals surface area contributed by atoms with Gasteiger partial charge in [0.05, 0.1) is 28.1 Å². The van der Waals surface area contributed by atoms with E-state index in [0.29, 0.717) is 38.1 Å². The summed E-state index contributed by atoms with van der Waals surface area (Å²) in [5.74, 6) is -1.72. The first kappa shape index (κ1) is 23.5. The van der Waals surface area contributed by atoms with Crippen LogP contribution in [-0.2, 0) is 14.3 Å². The fourth-order valence-electron chi connectivity index (χ4n) is 3.13. The second-order valence-electron chi connectivity index (χ2n) is 7.12. The normalized spacial score (nSPS) is 11.3. The van der Waals surface area contributed by atoms with Gasteiger partial charge in [0.2, 0.25) is 0 Å². The lowest BCUT2D eigenvalue weighted by atomic mass is 10.2. The predicted molar refractivity (Wildman–Crippen MR) is 129 cm³/mol. The zero-order valence-corrected chi connectivity index (χ0v) is 19.8. The van der Waals surface area contributed by atoms with Gasteiger partial charge in [-0.05, 0) is 65.3 Å². The molecule has 0 fully saturated rings. The van der Waals surface area contributed by atoms with Gasteiger partial charge in [0.25, 0.3) is 5.91 Å². The average Bonchev–Trinajstić information content (AvgIpc) is 3.29. The highest BCUT2D eigenvalue weighted by Crippen LogP contribution is 2.27. The molecule has 34 heavy (non-hydrogen) atoms. The van der Waals surface area contributed by atoms with Crippen molar-refractivity contribution in [2.75, 3.05) is 11.9 Å². The van der Waals surface area contributed by atoms with Crippen molar-refractivity contribution in [2.24, 2.45) is 0 Å². The number of halogens is 3. The number of hydrogen-bond acceptors (Lipinski definition) is 5. The molecule has 0 aliphatic carbocycles. The molecule has 0 unspecified atom stereocenters. The zero-order valence-electron chi connectivity index (χ0n) is 17.5. The summed E-state index contributed by atoms with van der Waals surface area (Å²) in [6, 6.07) is 8.83. The molecule has 2 aromatic heterocycles. The van der Waals surface area contributed by atoms with Gasteiger partial charge in [-0.25, -0.2) is 18.7 Å². The molecule has 4 rings (SSSR count). The van der Waals surface area contributed by atoms with E-state index in [1.54, 1.807) is 19.1 Å². The molecule has 174 valence electrons. The van der Waals surface area contributed by atoms with E-state index in [1.807, 2.05) is 0 Å². The summed E-state index contributed by atoms with van der Waals surface area (Å²) in [7, 11) is 0. The minimum atomic E-state index is -0.760. The third kappa shape index (κ3) is 5.10. The monoisotopic (exact) mass is 547 g/mol. The summed E-state index contributed by atoms with van der Waals surface area (Å²) in [5.41, 5.74) is 2.69. The maximum Gasteiger partial charge on any atom is 0.331 e. The molecule has 0 saturated heterocycles. The Morgan fingerprint density at radius 1 is 1.24 bits per heavy atom. The van der Waals surface area contributed by atoms with E-state index >= 15 is 0 Å². The number of nitrogens with zero attached hydrogens (tertiary/aromatic N) is 2. The number of aromatic nitrogens is 4. The quantitative estimate of drug-likeness (QED) is 0.247. The van der Waals surface area contributed by atoms with Gasteiger partial charge in [-0.3, -0.25) is 4.79 Å². The molecule has 0 spiro atoms. The number of benzene rings is 2. The minimum absolute atomic E-state index is 0.231. The molecule has 9 nitrogen and oxygen atoms in total. The summed E-state index contributed by atoms with van der Waals surface area (Å²) in [4.78, 5) is 40.9. The van der Waals surface area contributed by atoms with Crippen LogP contribution in [0, 0.1) is 12.7 Å². The van der Waals surface area contributed by atoms with Crippen LogP contribution in [0.1, 0.15) is 11.3 Å². The third-order valence-corrected chi connectivity index (χ3v) is 5.75. The molecule has 3 N–H and O–H groups in total. The Morgan fingerprint density at radius 2 is 1.91 bits per heavy atom. The van der Waals surface area contributed by atoms with Crippen LogP contribution in [0.15, 0.2) is 51.7 Å². The number of fused-ring (bicyclic) bond motifs is 1. The number of esters is 1. The predicted octanol–water partition coefficient (Wildman–Crippen LogP) is 4.10. The first-order chi connectivity index (χ1) is 16.2. The Labute approximate surface area is 204 Å². The molecule has 0 aliphatic heterocycles. The van der Waals surface area contributed by atoms with Gasteiger partial charge in [-0.1, -0.05) is 11.6 Å². The van der Waals surface area contributed by atoms with Crippen LogP contribution in [0.3, 0.4) is 0 Å². The van der Waals surface area contributed by atoms with E-state index in [0.717, 1.165) is 6.08 Å². The number of amides is 1. The van der Waals surface area contributed by atoms with Gasteiger partial charge >= 0.3 is 11.7 Å². The molecule has 0 radical (unpaired) electrons. The zero-order chi connectivity index (χ0) is 24.4. The van der Waals surface area contributed by atoms with E-state index < -0.39 is 18.5 Å². The number of carbonyl (C=O) groups excluding carboxylic acids is 2. The summed E-state index contributed by atoms with van der Waals surface area (Å²) < 4.78 is 20.1. The highest BCUT2D eigenvalue weighted by Gasteiger charge is 2.14. The summed E-state index contributed by atoms with van der Waals surface area (Å²) in [5, 5.41) is 7.14. The maximum absolute atomic E-state index is 13.2. The van der Waals surface area contributed by atoms with Gasteiger partial charge in [-0.15, -0.1) is 0 Å². The highest BCUT2D eigenvalue weighted by molar-refractivity contribution is 9.10. The van der Waals surface area contributed by atoms with E-state index in [2.05, 4.69) is 36.3 Å². The van der Waals surface area contributed by atoms with Crippen molar-refractivity contribution in [3.8, 4) is 5.69 Å². The first-order valence-electron chi connectivity index (χ1n) is 9.78. The van der Waals surface area contributed by atoms with Gasteiger partial charge in [0, 0.05) is 16.1 Å². The molecule has 1 amide bonds. The molecule has 2 aromatic carbocycles. The second-order valence-corrected chi connectivity index (χ2v) is 8.34. The standard InChI is InChI=1S/C22H16BrClFN5O4/c1-11-14(21(24)30(29-11)13-4-2-12(25)3-5-13)6-7-20(32)34-10-19(31)26-16-9-18-17(8-15(16)23)27-22(33)28-18/h2-9H,10H2,1H3,(H,26,31)(H2,27,28,33). The van der Waals surface area contributed by atoms with Crippen LogP contribution in [0.25, 0.3) is 22.8 Å². The minimum Gasteiger partial charge on any atom is -0.452 e. The van der Waals surface area contributed by atoms with Gasteiger partial charge in [-0.2, -0.15) is 5.10 Å². The second kappa shape index (κ2) is 9.65. The Morgan fingerprint density at radius 3 is 2.62 bits per heavy atom. The fraction of sp³-hybridized carbons (Fsp3) is 0.0909. The number of ether oxygens (including phenoxy) is 1. The Hall–Kier alpha value is -3.70. The number of aryl methyl sites for hydroxylation is 1. The highest BCUT2D eigenvalue weighted by atomic mass is 79.9. The lowest BCUT2D eigenvalue weighted by molar-refractivity contribution is -0.142. The van der Waals surface area contributed by atoms with Crippen molar-refractivity contribution in [3.63, 3.8) is 0 Å². The lowest BCUT2D eigenvalue weighted by Gasteiger charge is -2.07. The third-order valence-electron chi connectivity index (χ3n) is 4.73. The first-order valence-corrected chi connectivity index (χ1v) is 11.0. The smallest absolute Gasteiger partial charge is 0.331 e. The maximum atomic E-state index is 13.2. The number of hydrogen-bond donors (Lipinski definition) is 3. The van der Waals surface area contributed by atoms with Crippen LogP contribution < -0.4 is 11.0 Å². The molecule has 0 bridgehead atoms. The summed E-state index contributed by atoms with van der Waals surface area (Å²) >= 11 is 9.69. The van der Waals surface area contributed by atoms with Crippen LogP contribution in [0.2, 0.25) is 5.15 Å². The SMILES string of the molecule is Cc1nn(-c2ccc(F)cc2)c(Cl)c1C=CC(=O)OCC(=O)Nc1cc2[nH]c(=O)[nH]c2cc1Br. The van der Waals surface area contributed by atoms with E-state index in [-0.39, 0.29) is 16.7 Å². The van der Waals surface area contributed by atoms with Gasteiger partial charge in [0.15, 0.2) is 6.61 Å². The van der Waals surface area contributed by atoms with Gasteiger partial charge < -0.3 is 20.0 Å². The van der Waals surface area contributed by atoms with Gasteiger partial charge in [0.1, 0.15) is 11.0 Å². The van der Waals surface area contributed by atoms with E-state index in [4.69, 9.17) is 16.3 Å². The molecule has 2 heterocycles. The largest absolute Gasteiger partial charge is 0.452 e. The molecular weight excluding hydrogens is 533 g/mol. The Bertz CT molecular complexity index is 1490. The number of nitrogens with one attached hydrogen (secondary N) is 3. The summed E-state index contributed by atoms with van der Waals surface area (Å²) in [6.07, 6.45) is 2.56. The number of aromatic amines is 2. The lowest BCUT2D eigenvalue weighted by Crippen LogP contribution is -2.20. The van der Waals surface area contributed by atoms with Crippen LogP contribution >= 0.6 is 27.5 Å². The van der Waals surface area contributed by atoms with E-state index in [9.17, 15) is 18.8 Å². The average molecular weight is 549 g/mol. The molecule has 4 aromatic rings. The number of anilines is 1. The van der Waals surface area contributed by atoms with E-state index in [1.165, 1.54) is 35.0 Å². The van der Waals surface area contributed by atoms with Crippen molar-refractivity contribution in [2.45, 2.75) is 6.92 Å². The fourth-order valence-corrected chi connectivity index (χ4v) is 3.91. The van der Waals surface area contributed by atoms with Crippen molar-refractivity contribution in [1.29, 1.82) is 0 Å². The molecular formula is C22H16BrClFN5O4. The number of H-pyrrole nitrogens is 2.